The number of Topliss-reactive ketones (excluding diaryl/α,β-unsaturated/α-hetero) is 1. The molecule has 118 valence electrons. The molecule has 8 heteroatoms. The molecule has 0 fully saturated rings. The van der Waals surface area contributed by atoms with Gasteiger partial charge in [-0.05, 0) is 19.1 Å². The van der Waals surface area contributed by atoms with Gasteiger partial charge >= 0.3 is 0 Å². The highest BCUT2D eigenvalue weighted by Gasteiger charge is 2.26. The molecular weight excluding hydrogens is 321 g/mol. The molecular formula is C15H6F5NO2. The topological polar surface area (TPSA) is 54.0 Å². The lowest BCUT2D eigenvalue weighted by Gasteiger charge is -2.05. The molecule has 0 atom stereocenters. The van der Waals surface area contributed by atoms with Crippen molar-refractivity contribution >= 4 is 11.9 Å². The summed E-state index contributed by atoms with van der Waals surface area (Å²) in [6.07, 6.45) is 1.46. The van der Waals surface area contributed by atoms with Gasteiger partial charge in [-0.15, -0.1) is 0 Å². The summed E-state index contributed by atoms with van der Waals surface area (Å²) in [5, 5.41) is 8.95. The first-order valence-electron chi connectivity index (χ1n) is 6.01. The largest absolute Gasteiger partial charge is 0.469 e. The summed E-state index contributed by atoms with van der Waals surface area (Å²) in [6, 6.07) is 2.58. The number of nitriles is 1. The van der Waals surface area contributed by atoms with Crippen molar-refractivity contribution in [3.63, 3.8) is 0 Å². The number of halogens is 5. The Labute approximate surface area is 126 Å². The predicted octanol–water partition coefficient (Wildman–Crippen LogP) is 4.07. The van der Waals surface area contributed by atoms with Crippen molar-refractivity contribution in [1.82, 2.24) is 0 Å². The Bertz CT molecular complexity index is 848. The van der Waals surface area contributed by atoms with Crippen molar-refractivity contribution in [1.29, 1.82) is 5.26 Å². The maximum absolute atomic E-state index is 13.6. The van der Waals surface area contributed by atoms with Crippen LogP contribution in [-0.2, 0) is 0 Å². The molecule has 1 heterocycles. The van der Waals surface area contributed by atoms with E-state index < -0.39 is 46.0 Å². The number of hydrogen-bond acceptors (Lipinski definition) is 3. The van der Waals surface area contributed by atoms with Crippen molar-refractivity contribution in [2.24, 2.45) is 0 Å². The fourth-order valence-electron chi connectivity index (χ4n) is 1.81. The Balaban J connectivity index is 2.63. The third-order valence-electron chi connectivity index (χ3n) is 3.00. The van der Waals surface area contributed by atoms with Gasteiger partial charge in [0.05, 0.1) is 17.4 Å². The summed E-state index contributed by atoms with van der Waals surface area (Å²) in [4.78, 5) is 12.1. The molecule has 0 radical (unpaired) electrons. The second kappa shape index (κ2) is 6.04. The van der Waals surface area contributed by atoms with Crippen LogP contribution in [0.5, 0.6) is 0 Å². The highest BCUT2D eigenvalue weighted by Crippen LogP contribution is 2.26. The molecule has 0 spiro atoms. The van der Waals surface area contributed by atoms with Crippen LogP contribution in [0.2, 0.25) is 0 Å². The molecule has 0 saturated heterocycles. The highest BCUT2D eigenvalue weighted by atomic mass is 19.2. The number of ketones is 1. The Kier molecular flexibility index (Phi) is 4.31. The molecule has 23 heavy (non-hydrogen) atoms. The van der Waals surface area contributed by atoms with Crippen LogP contribution in [0.1, 0.15) is 21.7 Å². The third-order valence-corrected chi connectivity index (χ3v) is 3.00. The number of carbonyl (C=O) groups excluding carboxylic acids is 1. The Morgan fingerprint density at radius 2 is 1.61 bits per heavy atom. The van der Waals surface area contributed by atoms with Crippen LogP contribution in [0.15, 0.2) is 22.3 Å². The molecule has 1 aromatic carbocycles. The summed E-state index contributed by atoms with van der Waals surface area (Å²) < 4.78 is 71.2. The van der Waals surface area contributed by atoms with Gasteiger partial charge in [0.2, 0.25) is 11.6 Å². The number of rotatable bonds is 3. The first-order valence-corrected chi connectivity index (χ1v) is 6.01. The summed E-state index contributed by atoms with van der Waals surface area (Å²) in [7, 11) is 0. The molecule has 0 aliphatic rings. The standard InChI is InChI=1S/C15H6F5NO2/c1-6-8(2-3-23-6)15(22)7(5-21)4-9-10(16)12(18)14(20)13(19)11(9)17/h2-4H,1H3/b7-4+. The van der Waals surface area contributed by atoms with E-state index in [1.54, 1.807) is 0 Å². The van der Waals surface area contributed by atoms with E-state index in [2.05, 4.69) is 0 Å². The molecule has 0 amide bonds. The molecule has 3 nitrogen and oxygen atoms in total. The fourth-order valence-corrected chi connectivity index (χ4v) is 1.81. The number of furan rings is 1. The van der Waals surface area contributed by atoms with Crippen molar-refractivity contribution in [2.75, 3.05) is 0 Å². The van der Waals surface area contributed by atoms with E-state index in [4.69, 9.17) is 9.68 Å². The quantitative estimate of drug-likeness (QED) is 0.213. The van der Waals surface area contributed by atoms with Gasteiger partial charge in [-0.2, -0.15) is 5.26 Å². The van der Waals surface area contributed by atoms with Gasteiger partial charge in [0.1, 0.15) is 17.4 Å². The second-order valence-electron chi connectivity index (χ2n) is 4.37. The lowest BCUT2D eigenvalue weighted by Crippen LogP contribution is -2.07. The normalized spacial score (nSPS) is 11.4. The summed E-state index contributed by atoms with van der Waals surface area (Å²) in [6.45, 7) is 1.40. The minimum atomic E-state index is -2.33. The monoisotopic (exact) mass is 327 g/mol. The number of carbonyl (C=O) groups is 1. The Hall–Kier alpha value is -2.95. The zero-order valence-corrected chi connectivity index (χ0v) is 11.4. The van der Waals surface area contributed by atoms with Crippen LogP contribution in [0.25, 0.3) is 6.08 Å². The van der Waals surface area contributed by atoms with E-state index in [9.17, 15) is 26.7 Å². The van der Waals surface area contributed by atoms with Gasteiger partial charge in [-0.3, -0.25) is 4.79 Å². The molecule has 1 aromatic heterocycles. The van der Waals surface area contributed by atoms with E-state index >= 15 is 0 Å². The molecule has 2 rings (SSSR count). The third kappa shape index (κ3) is 2.73. The lowest BCUT2D eigenvalue weighted by atomic mass is 10.0. The van der Waals surface area contributed by atoms with Gasteiger partial charge < -0.3 is 4.42 Å². The Morgan fingerprint density at radius 3 is 2.04 bits per heavy atom. The fraction of sp³-hybridized carbons (Fsp3) is 0.0667. The van der Waals surface area contributed by atoms with Crippen molar-refractivity contribution in [3.8, 4) is 6.07 Å². The van der Waals surface area contributed by atoms with Crippen LogP contribution in [-0.4, -0.2) is 5.78 Å². The van der Waals surface area contributed by atoms with Gasteiger partial charge in [-0.1, -0.05) is 0 Å². The summed E-state index contributed by atoms with van der Waals surface area (Å²) >= 11 is 0. The first kappa shape index (κ1) is 16.4. The van der Waals surface area contributed by atoms with E-state index in [0.717, 1.165) is 6.26 Å². The number of nitrogens with zero attached hydrogens (tertiary/aromatic N) is 1. The number of allylic oxidation sites excluding steroid dienone is 1. The van der Waals surface area contributed by atoms with Gasteiger partial charge in [0, 0.05) is 0 Å². The van der Waals surface area contributed by atoms with Crippen LogP contribution < -0.4 is 0 Å². The van der Waals surface area contributed by atoms with Crippen LogP contribution in [0.3, 0.4) is 0 Å². The zero-order valence-electron chi connectivity index (χ0n) is 11.4. The smallest absolute Gasteiger partial charge is 0.207 e. The van der Waals surface area contributed by atoms with Gasteiger partial charge in [0.25, 0.3) is 0 Å². The lowest BCUT2D eigenvalue weighted by molar-refractivity contribution is 0.103. The molecule has 0 N–H and O–H groups in total. The van der Waals surface area contributed by atoms with E-state index in [-0.39, 0.29) is 11.3 Å². The maximum atomic E-state index is 13.6. The van der Waals surface area contributed by atoms with Crippen LogP contribution >= 0.6 is 0 Å². The van der Waals surface area contributed by atoms with Crippen molar-refractivity contribution in [3.05, 3.63) is 63.9 Å². The molecule has 0 saturated carbocycles. The average Bonchev–Trinajstić information content (AvgIpc) is 2.97. The second-order valence-corrected chi connectivity index (χ2v) is 4.37. The number of benzene rings is 1. The minimum Gasteiger partial charge on any atom is -0.469 e. The van der Waals surface area contributed by atoms with Crippen LogP contribution in [0.4, 0.5) is 22.0 Å². The number of aryl methyl sites for hydroxylation is 1. The zero-order chi connectivity index (χ0) is 17.3. The van der Waals surface area contributed by atoms with Crippen molar-refractivity contribution in [2.45, 2.75) is 6.92 Å². The van der Waals surface area contributed by atoms with Gasteiger partial charge in [-0.25, -0.2) is 22.0 Å². The first-order chi connectivity index (χ1) is 10.8. The molecule has 0 aliphatic carbocycles. The van der Waals surface area contributed by atoms with Crippen LogP contribution in [0, 0.1) is 47.3 Å². The molecule has 2 aromatic rings. The SMILES string of the molecule is Cc1occc1C(=O)/C(C#N)=C/c1c(F)c(F)c(F)c(F)c1F. The maximum Gasteiger partial charge on any atom is 0.207 e. The van der Waals surface area contributed by atoms with E-state index in [1.165, 1.54) is 19.1 Å². The minimum absolute atomic E-state index is 0.0679. The molecule has 0 bridgehead atoms. The van der Waals surface area contributed by atoms with E-state index in [0.29, 0.717) is 6.08 Å². The van der Waals surface area contributed by atoms with Crippen molar-refractivity contribution < 1.29 is 31.2 Å². The predicted molar refractivity (Wildman–Crippen MR) is 67.6 cm³/mol. The van der Waals surface area contributed by atoms with E-state index in [1.807, 2.05) is 0 Å². The highest BCUT2D eigenvalue weighted by molar-refractivity contribution is 6.14. The average molecular weight is 327 g/mol. The number of hydrogen-bond donors (Lipinski definition) is 0. The molecule has 0 aliphatic heterocycles. The molecule has 0 unspecified atom stereocenters. The Morgan fingerprint density at radius 1 is 1.09 bits per heavy atom. The van der Waals surface area contributed by atoms with Gasteiger partial charge in [0.15, 0.2) is 23.3 Å². The summed E-state index contributed by atoms with van der Waals surface area (Å²) in [5.74, 6) is -11.8. The summed E-state index contributed by atoms with van der Waals surface area (Å²) in [5.41, 5.74) is -2.24.